The van der Waals surface area contributed by atoms with E-state index in [2.05, 4.69) is 27.1 Å². The molecule has 2 rings (SSSR count). The van der Waals surface area contributed by atoms with E-state index in [1.54, 1.807) is 12.4 Å². The fraction of sp³-hybridized carbons (Fsp3) is 0.615. The minimum Gasteiger partial charge on any atom is -0.481 e. The Morgan fingerprint density at radius 2 is 2.16 bits per heavy atom. The van der Waals surface area contributed by atoms with Gasteiger partial charge in [0.05, 0.1) is 18.3 Å². The molecule has 6 nitrogen and oxygen atoms in total. The number of carboxylic acid groups (broad SMARTS) is 1. The molecule has 0 unspecified atom stereocenters. The lowest BCUT2D eigenvalue weighted by Gasteiger charge is -2.30. The monoisotopic (exact) mass is 264 g/mol. The molecule has 1 aliphatic rings. The summed E-state index contributed by atoms with van der Waals surface area (Å²) >= 11 is 0. The molecule has 0 bridgehead atoms. The third-order valence-electron chi connectivity index (χ3n) is 3.36. The van der Waals surface area contributed by atoms with Gasteiger partial charge in [-0.15, -0.1) is 0 Å². The van der Waals surface area contributed by atoms with Crippen LogP contribution in [0.15, 0.2) is 12.4 Å². The Labute approximate surface area is 112 Å². The number of hydrogen-bond donors (Lipinski definition) is 2. The van der Waals surface area contributed by atoms with E-state index in [4.69, 9.17) is 5.11 Å². The molecule has 19 heavy (non-hydrogen) atoms. The van der Waals surface area contributed by atoms with Crippen LogP contribution < -0.4 is 10.2 Å². The van der Waals surface area contributed by atoms with Gasteiger partial charge >= 0.3 is 5.97 Å². The Hall–Kier alpha value is -1.85. The molecule has 0 aliphatic carbocycles. The Morgan fingerprint density at radius 3 is 2.68 bits per heavy atom. The van der Waals surface area contributed by atoms with E-state index < -0.39 is 5.97 Å². The first kappa shape index (κ1) is 13.6. The number of hydrogen-bond acceptors (Lipinski definition) is 5. The van der Waals surface area contributed by atoms with Gasteiger partial charge in [-0.1, -0.05) is 6.92 Å². The highest BCUT2D eigenvalue weighted by Gasteiger charge is 2.25. The van der Waals surface area contributed by atoms with E-state index in [1.807, 2.05) is 0 Å². The Bertz CT molecular complexity index is 413. The van der Waals surface area contributed by atoms with Crippen LogP contribution in [0.3, 0.4) is 0 Å². The van der Waals surface area contributed by atoms with Crippen molar-refractivity contribution in [2.45, 2.75) is 26.2 Å². The molecule has 0 spiro atoms. The molecule has 104 valence electrons. The summed E-state index contributed by atoms with van der Waals surface area (Å²) in [6.45, 7) is 4.44. The predicted molar refractivity (Wildman–Crippen MR) is 73.4 cm³/mol. The number of rotatable bonds is 5. The average Bonchev–Trinajstić information content (AvgIpc) is 2.46. The van der Waals surface area contributed by atoms with Crippen molar-refractivity contribution in [3.8, 4) is 0 Å². The van der Waals surface area contributed by atoms with Gasteiger partial charge in [0.25, 0.3) is 0 Å². The first-order valence-electron chi connectivity index (χ1n) is 6.74. The van der Waals surface area contributed by atoms with Crippen molar-refractivity contribution in [1.29, 1.82) is 0 Å². The van der Waals surface area contributed by atoms with E-state index in [-0.39, 0.29) is 5.92 Å². The summed E-state index contributed by atoms with van der Waals surface area (Å²) in [5.74, 6) is 0.705. The van der Waals surface area contributed by atoms with Crippen molar-refractivity contribution in [2.75, 3.05) is 29.9 Å². The van der Waals surface area contributed by atoms with E-state index in [0.717, 1.165) is 37.7 Å². The summed E-state index contributed by atoms with van der Waals surface area (Å²) in [5, 5.41) is 12.1. The van der Waals surface area contributed by atoms with Gasteiger partial charge in [0, 0.05) is 19.6 Å². The highest BCUT2D eigenvalue weighted by atomic mass is 16.4. The molecule has 6 heteroatoms. The lowest BCUT2D eigenvalue weighted by molar-refractivity contribution is -0.142. The molecule has 2 N–H and O–H groups in total. The van der Waals surface area contributed by atoms with Crippen molar-refractivity contribution in [3.63, 3.8) is 0 Å². The molecule has 1 saturated heterocycles. The van der Waals surface area contributed by atoms with Gasteiger partial charge < -0.3 is 15.3 Å². The molecule has 0 atom stereocenters. The second-order valence-electron chi connectivity index (χ2n) is 4.79. The molecule has 0 aromatic carbocycles. The molecular formula is C13H20N4O2. The molecule has 1 aliphatic heterocycles. The van der Waals surface area contributed by atoms with Crippen LogP contribution in [0.2, 0.25) is 0 Å². The smallest absolute Gasteiger partial charge is 0.306 e. The van der Waals surface area contributed by atoms with Crippen LogP contribution >= 0.6 is 0 Å². The number of aromatic nitrogens is 2. The number of piperidine rings is 1. The third-order valence-corrected chi connectivity index (χ3v) is 3.36. The highest BCUT2D eigenvalue weighted by Crippen LogP contribution is 2.21. The Kier molecular flexibility index (Phi) is 4.54. The largest absolute Gasteiger partial charge is 0.481 e. The van der Waals surface area contributed by atoms with Crippen LogP contribution in [0.25, 0.3) is 0 Å². The van der Waals surface area contributed by atoms with Gasteiger partial charge in [0.1, 0.15) is 11.6 Å². The maximum Gasteiger partial charge on any atom is 0.306 e. The third kappa shape index (κ3) is 3.56. The van der Waals surface area contributed by atoms with Crippen molar-refractivity contribution in [1.82, 2.24) is 9.97 Å². The van der Waals surface area contributed by atoms with Crippen molar-refractivity contribution in [3.05, 3.63) is 12.4 Å². The van der Waals surface area contributed by atoms with Gasteiger partial charge in [-0.2, -0.15) is 0 Å². The minimum absolute atomic E-state index is 0.213. The van der Waals surface area contributed by atoms with Crippen molar-refractivity contribution >= 4 is 17.6 Å². The van der Waals surface area contributed by atoms with Crippen LogP contribution in [0, 0.1) is 5.92 Å². The number of carboxylic acids is 1. The standard InChI is InChI=1S/C13H20N4O2/c1-2-5-14-11-8-16-12(9-15-11)17-6-3-10(4-7-17)13(18)19/h8-10H,2-7H2,1H3,(H,14,15)(H,18,19). The van der Waals surface area contributed by atoms with Gasteiger partial charge in [0.15, 0.2) is 0 Å². The lowest BCUT2D eigenvalue weighted by atomic mass is 9.97. The van der Waals surface area contributed by atoms with Gasteiger partial charge in [-0.3, -0.25) is 4.79 Å². The quantitative estimate of drug-likeness (QED) is 0.841. The summed E-state index contributed by atoms with van der Waals surface area (Å²) in [5.41, 5.74) is 0. The molecule has 1 aromatic heterocycles. The zero-order valence-electron chi connectivity index (χ0n) is 11.2. The molecule has 0 saturated carbocycles. The number of aliphatic carboxylic acids is 1. The summed E-state index contributed by atoms with van der Waals surface area (Å²) in [6, 6.07) is 0. The second kappa shape index (κ2) is 6.36. The summed E-state index contributed by atoms with van der Waals surface area (Å²) in [7, 11) is 0. The van der Waals surface area contributed by atoms with Crippen LogP contribution in [-0.2, 0) is 4.79 Å². The molecule has 0 amide bonds. The fourth-order valence-corrected chi connectivity index (χ4v) is 2.18. The molecule has 1 aromatic rings. The maximum atomic E-state index is 10.9. The Balaban J connectivity index is 1.90. The van der Waals surface area contributed by atoms with Crippen LogP contribution in [0.5, 0.6) is 0 Å². The molecule has 2 heterocycles. The van der Waals surface area contributed by atoms with E-state index in [1.165, 1.54) is 0 Å². The average molecular weight is 264 g/mol. The van der Waals surface area contributed by atoms with Gasteiger partial charge in [0.2, 0.25) is 0 Å². The normalized spacial score (nSPS) is 16.4. The second-order valence-corrected chi connectivity index (χ2v) is 4.79. The maximum absolute atomic E-state index is 10.9. The first-order chi connectivity index (χ1) is 9.20. The van der Waals surface area contributed by atoms with Crippen LogP contribution in [0.4, 0.5) is 11.6 Å². The minimum atomic E-state index is -0.690. The molecule has 1 fully saturated rings. The summed E-state index contributed by atoms with van der Waals surface area (Å²) < 4.78 is 0. The summed E-state index contributed by atoms with van der Waals surface area (Å²) in [6.07, 6.45) is 5.87. The topological polar surface area (TPSA) is 78.4 Å². The van der Waals surface area contributed by atoms with Gasteiger partial charge in [-0.25, -0.2) is 9.97 Å². The van der Waals surface area contributed by atoms with Gasteiger partial charge in [-0.05, 0) is 19.3 Å². The first-order valence-corrected chi connectivity index (χ1v) is 6.74. The summed E-state index contributed by atoms with van der Waals surface area (Å²) in [4.78, 5) is 21.7. The fourth-order valence-electron chi connectivity index (χ4n) is 2.18. The molecular weight excluding hydrogens is 244 g/mol. The van der Waals surface area contributed by atoms with Crippen molar-refractivity contribution in [2.24, 2.45) is 5.92 Å². The van der Waals surface area contributed by atoms with Crippen molar-refractivity contribution < 1.29 is 9.90 Å². The van der Waals surface area contributed by atoms with Crippen LogP contribution in [0.1, 0.15) is 26.2 Å². The highest BCUT2D eigenvalue weighted by molar-refractivity contribution is 5.70. The number of nitrogens with zero attached hydrogens (tertiary/aromatic N) is 3. The Morgan fingerprint density at radius 1 is 1.42 bits per heavy atom. The van der Waals surface area contributed by atoms with E-state index in [0.29, 0.717) is 12.8 Å². The van der Waals surface area contributed by atoms with E-state index >= 15 is 0 Å². The molecule has 0 radical (unpaired) electrons. The van der Waals surface area contributed by atoms with E-state index in [9.17, 15) is 4.79 Å². The zero-order valence-corrected chi connectivity index (χ0v) is 11.2. The number of nitrogens with one attached hydrogen (secondary N) is 1. The number of carbonyl (C=O) groups is 1. The predicted octanol–water partition coefficient (Wildman–Crippen LogP) is 1.60. The number of anilines is 2. The lowest BCUT2D eigenvalue weighted by Crippen LogP contribution is -2.36. The van der Waals surface area contributed by atoms with Crippen LogP contribution in [-0.4, -0.2) is 40.7 Å². The zero-order chi connectivity index (χ0) is 13.7. The SMILES string of the molecule is CCCNc1cnc(N2CCC(C(=O)O)CC2)cn1.